The van der Waals surface area contributed by atoms with Crippen LogP contribution in [0.25, 0.3) is 0 Å². The Labute approximate surface area is 141 Å². The lowest BCUT2D eigenvalue weighted by Gasteiger charge is -2.16. The number of ether oxygens (including phenoxy) is 1. The highest BCUT2D eigenvalue weighted by atomic mass is 35.5. The molecule has 2 aromatic rings. The van der Waals surface area contributed by atoms with E-state index in [0.29, 0.717) is 29.8 Å². The molecule has 0 fully saturated rings. The molecule has 0 bridgehead atoms. The van der Waals surface area contributed by atoms with E-state index < -0.39 is 0 Å². The van der Waals surface area contributed by atoms with Gasteiger partial charge in [0.1, 0.15) is 18.1 Å². The van der Waals surface area contributed by atoms with Crippen LogP contribution < -0.4 is 4.74 Å². The predicted octanol–water partition coefficient (Wildman–Crippen LogP) is 3.41. The minimum absolute atomic E-state index is 0.115. The Morgan fingerprint density at radius 2 is 2.04 bits per heavy atom. The third kappa shape index (κ3) is 5.28. The first kappa shape index (κ1) is 17.3. The minimum Gasteiger partial charge on any atom is -0.492 e. The normalized spacial score (nSPS) is 10.8. The molecule has 1 heterocycles. The SMILES string of the molecule is CC(C)Cc1cc(C(=O)N(C)CCOc2ccc(Cl)cc2)n[nH]1. The summed E-state index contributed by atoms with van der Waals surface area (Å²) in [6, 6.07) is 8.96. The molecule has 1 amide bonds. The van der Waals surface area contributed by atoms with Gasteiger partial charge in [-0.1, -0.05) is 25.4 Å². The topological polar surface area (TPSA) is 58.2 Å². The average molecular weight is 336 g/mol. The van der Waals surface area contributed by atoms with Gasteiger partial charge >= 0.3 is 0 Å². The number of halogens is 1. The quantitative estimate of drug-likeness (QED) is 0.843. The smallest absolute Gasteiger partial charge is 0.274 e. The van der Waals surface area contributed by atoms with Gasteiger partial charge < -0.3 is 9.64 Å². The first-order valence-electron chi connectivity index (χ1n) is 7.64. The number of hydrogen-bond acceptors (Lipinski definition) is 3. The van der Waals surface area contributed by atoms with Gasteiger partial charge in [-0.25, -0.2) is 0 Å². The molecule has 1 aromatic carbocycles. The van der Waals surface area contributed by atoms with Crippen molar-refractivity contribution in [1.82, 2.24) is 15.1 Å². The van der Waals surface area contributed by atoms with Crippen LogP contribution in [0.5, 0.6) is 5.75 Å². The van der Waals surface area contributed by atoms with Crippen LogP contribution in [0.2, 0.25) is 5.02 Å². The third-order valence-corrected chi connectivity index (χ3v) is 3.59. The fourth-order valence-electron chi connectivity index (χ4n) is 2.14. The van der Waals surface area contributed by atoms with Crippen LogP contribution in [0.4, 0.5) is 0 Å². The number of nitrogens with one attached hydrogen (secondary N) is 1. The molecule has 0 unspecified atom stereocenters. The van der Waals surface area contributed by atoms with Gasteiger partial charge in [0.05, 0.1) is 6.54 Å². The number of hydrogen-bond donors (Lipinski definition) is 1. The Morgan fingerprint density at radius 3 is 2.70 bits per heavy atom. The number of carbonyl (C=O) groups is 1. The Balaban J connectivity index is 1.82. The molecule has 0 aliphatic rings. The number of nitrogens with zero attached hydrogens (tertiary/aromatic N) is 2. The summed E-state index contributed by atoms with van der Waals surface area (Å²) in [5.74, 6) is 1.13. The third-order valence-electron chi connectivity index (χ3n) is 3.33. The molecule has 0 radical (unpaired) electrons. The predicted molar refractivity (Wildman–Crippen MR) is 91.0 cm³/mol. The summed E-state index contributed by atoms with van der Waals surface area (Å²) in [7, 11) is 1.74. The molecule has 23 heavy (non-hydrogen) atoms. The van der Waals surface area contributed by atoms with Gasteiger partial charge in [0.15, 0.2) is 0 Å². The summed E-state index contributed by atoms with van der Waals surface area (Å²) in [5.41, 5.74) is 1.42. The molecule has 0 atom stereocenters. The van der Waals surface area contributed by atoms with Gasteiger partial charge in [0.2, 0.25) is 0 Å². The van der Waals surface area contributed by atoms with Crippen molar-refractivity contribution in [2.75, 3.05) is 20.2 Å². The summed E-state index contributed by atoms with van der Waals surface area (Å²) in [4.78, 5) is 13.9. The first-order valence-corrected chi connectivity index (χ1v) is 8.01. The van der Waals surface area contributed by atoms with Crippen LogP contribution in [-0.2, 0) is 6.42 Å². The van der Waals surface area contributed by atoms with Gasteiger partial charge in [-0.15, -0.1) is 0 Å². The highest BCUT2D eigenvalue weighted by Crippen LogP contribution is 2.15. The molecular weight excluding hydrogens is 314 g/mol. The number of aromatic nitrogens is 2. The molecule has 1 N–H and O–H groups in total. The van der Waals surface area contributed by atoms with Gasteiger partial charge in [0.25, 0.3) is 5.91 Å². The van der Waals surface area contributed by atoms with Crippen molar-refractivity contribution < 1.29 is 9.53 Å². The van der Waals surface area contributed by atoms with Crippen molar-refractivity contribution in [2.45, 2.75) is 20.3 Å². The fourth-order valence-corrected chi connectivity index (χ4v) is 2.27. The monoisotopic (exact) mass is 335 g/mol. The highest BCUT2D eigenvalue weighted by molar-refractivity contribution is 6.30. The number of H-pyrrole nitrogens is 1. The second-order valence-corrected chi connectivity index (χ2v) is 6.34. The van der Waals surface area contributed by atoms with Crippen molar-refractivity contribution in [1.29, 1.82) is 0 Å². The van der Waals surface area contributed by atoms with Gasteiger partial charge in [-0.3, -0.25) is 9.89 Å². The molecule has 0 saturated carbocycles. The number of likely N-dealkylation sites (N-methyl/N-ethyl adjacent to an activating group) is 1. The maximum Gasteiger partial charge on any atom is 0.274 e. The van der Waals surface area contributed by atoms with Crippen LogP contribution >= 0.6 is 11.6 Å². The molecule has 6 heteroatoms. The molecule has 124 valence electrons. The zero-order valence-corrected chi connectivity index (χ0v) is 14.4. The zero-order chi connectivity index (χ0) is 16.8. The minimum atomic E-state index is -0.115. The van der Waals surface area contributed by atoms with E-state index in [-0.39, 0.29) is 5.91 Å². The number of rotatable bonds is 7. The lowest BCUT2D eigenvalue weighted by molar-refractivity contribution is 0.0768. The fraction of sp³-hybridized carbons (Fsp3) is 0.412. The summed E-state index contributed by atoms with van der Waals surface area (Å²) in [5, 5.41) is 7.68. The van der Waals surface area contributed by atoms with E-state index in [1.165, 1.54) is 0 Å². The number of aromatic amines is 1. The molecule has 0 saturated heterocycles. The van der Waals surface area contributed by atoms with Gasteiger partial charge in [0, 0.05) is 17.8 Å². The summed E-state index contributed by atoms with van der Waals surface area (Å²) >= 11 is 5.82. The first-order chi connectivity index (χ1) is 11.0. The van der Waals surface area contributed by atoms with E-state index in [9.17, 15) is 4.79 Å². The van der Waals surface area contributed by atoms with Gasteiger partial charge in [-0.05, 0) is 42.7 Å². The lowest BCUT2D eigenvalue weighted by atomic mass is 10.1. The Morgan fingerprint density at radius 1 is 1.35 bits per heavy atom. The van der Waals surface area contributed by atoms with Crippen molar-refractivity contribution >= 4 is 17.5 Å². The van der Waals surface area contributed by atoms with Crippen LogP contribution in [-0.4, -0.2) is 41.2 Å². The molecule has 1 aromatic heterocycles. The number of benzene rings is 1. The standard InChI is InChI=1S/C17H22ClN3O2/c1-12(2)10-14-11-16(20-19-14)17(22)21(3)8-9-23-15-6-4-13(18)5-7-15/h4-7,11-12H,8-10H2,1-3H3,(H,19,20). The van der Waals surface area contributed by atoms with Crippen molar-refractivity contribution in [3.05, 3.63) is 46.7 Å². The Bertz CT molecular complexity index is 638. The van der Waals surface area contributed by atoms with Gasteiger partial charge in [-0.2, -0.15) is 5.10 Å². The molecular formula is C17H22ClN3O2. The lowest BCUT2D eigenvalue weighted by Crippen LogP contribution is -2.31. The average Bonchev–Trinajstić information content (AvgIpc) is 2.96. The molecule has 2 rings (SSSR count). The van der Waals surface area contributed by atoms with E-state index in [4.69, 9.17) is 16.3 Å². The van der Waals surface area contributed by atoms with Crippen molar-refractivity contribution in [3.8, 4) is 5.75 Å². The largest absolute Gasteiger partial charge is 0.492 e. The maximum absolute atomic E-state index is 12.3. The molecule has 0 aliphatic carbocycles. The zero-order valence-electron chi connectivity index (χ0n) is 13.7. The molecule has 0 aliphatic heterocycles. The van der Waals surface area contributed by atoms with Crippen LogP contribution in [0.3, 0.4) is 0 Å². The second-order valence-electron chi connectivity index (χ2n) is 5.91. The van der Waals surface area contributed by atoms with E-state index in [2.05, 4.69) is 24.0 Å². The molecule has 0 spiro atoms. The van der Waals surface area contributed by atoms with Crippen molar-refractivity contribution in [3.63, 3.8) is 0 Å². The number of amides is 1. The van der Waals surface area contributed by atoms with Crippen LogP contribution in [0.1, 0.15) is 30.0 Å². The van der Waals surface area contributed by atoms with E-state index in [1.807, 2.05) is 6.07 Å². The number of carbonyl (C=O) groups excluding carboxylic acids is 1. The van der Waals surface area contributed by atoms with Crippen LogP contribution in [0, 0.1) is 5.92 Å². The summed E-state index contributed by atoms with van der Waals surface area (Å²) < 4.78 is 5.59. The maximum atomic E-state index is 12.3. The molecule has 5 nitrogen and oxygen atoms in total. The van der Waals surface area contributed by atoms with Crippen molar-refractivity contribution in [2.24, 2.45) is 5.92 Å². The Hall–Kier alpha value is -2.01. The van der Waals surface area contributed by atoms with Crippen LogP contribution in [0.15, 0.2) is 30.3 Å². The van der Waals surface area contributed by atoms with E-state index in [0.717, 1.165) is 17.9 Å². The summed E-state index contributed by atoms with van der Waals surface area (Å²) in [6.45, 7) is 5.14. The highest BCUT2D eigenvalue weighted by Gasteiger charge is 2.15. The van der Waals surface area contributed by atoms with E-state index in [1.54, 1.807) is 36.2 Å². The summed E-state index contributed by atoms with van der Waals surface area (Å²) in [6.07, 6.45) is 0.879. The second kappa shape index (κ2) is 8.02. The Kier molecular flexibility index (Phi) is 6.04. The van der Waals surface area contributed by atoms with E-state index >= 15 is 0 Å².